The number of piperidine rings is 1. The number of anilines is 1. The fourth-order valence-electron chi connectivity index (χ4n) is 3.63. The predicted molar refractivity (Wildman–Crippen MR) is 110 cm³/mol. The second kappa shape index (κ2) is 9.22. The van der Waals surface area contributed by atoms with E-state index in [2.05, 4.69) is 27.1 Å². The lowest BCUT2D eigenvalue weighted by molar-refractivity contribution is 0.0950. The molecular weight excluding hydrogens is 368 g/mol. The van der Waals surface area contributed by atoms with Crippen molar-refractivity contribution in [1.29, 1.82) is 0 Å². The molecule has 0 aliphatic carbocycles. The van der Waals surface area contributed by atoms with Crippen LogP contribution in [0.5, 0.6) is 5.88 Å². The van der Waals surface area contributed by atoms with Gasteiger partial charge < -0.3 is 19.7 Å². The minimum atomic E-state index is -0.139. The minimum absolute atomic E-state index is 0.0556. The third-order valence-electron chi connectivity index (χ3n) is 5.55. The number of nitrogens with one attached hydrogen (secondary N) is 1. The van der Waals surface area contributed by atoms with Crippen molar-refractivity contribution in [3.63, 3.8) is 0 Å². The van der Waals surface area contributed by atoms with E-state index in [4.69, 9.17) is 9.47 Å². The Hall–Kier alpha value is -2.67. The number of amides is 1. The molecule has 2 fully saturated rings. The summed E-state index contributed by atoms with van der Waals surface area (Å²) in [5, 5.41) is 2.94. The van der Waals surface area contributed by atoms with Crippen molar-refractivity contribution in [2.75, 3.05) is 31.2 Å². The van der Waals surface area contributed by atoms with Crippen LogP contribution in [-0.2, 0) is 11.3 Å². The molecule has 0 spiro atoms. The summed E-state index contributed by atoms with van der Waals surface area (Å²) in [5.41, 5.74) is 1.50. The summed E-state index contributed by atoms with van der Waals surface area (Å²) in [6.07, 6.45) is 6.67. The molecule has 0 saturated carbocycles. The summed E-state index contributed by atoms with van der Waals surface area (Å²) in [4.78, 5) is 23.5. The fraction of sp³-hybridized carbons (Fsp3) is 0.500. The van der Waals surface area contributed by atoms with E-state index < -0.39 is 0 Å². The van der Waals surface area contributed by atoms with Crippen LogP contribution in [0.1, 0.15) is 42.1 Å². The molecule has 1 atom stereocenters. The molecule has 0 bridgehead atoms. The Morgan fingerprint density at radius 2 is 2.10 bits per heavy atom. The summed E-state index contributed by atoms with van der Waals surface area (Å²) in [7, 11) is 0. The number of nitrogens with zero attached hydrogens (tertiary/aromatic N) is 3. The molecule has 7 nitrogen and oxygen atoms in total. The second-order valence-electron chi connectivity index (χ2n) is 7.86. The summed E-state index contributed by atoms with van der Waals surface area (Å²) in [6.45, 7) is 6.08. The Morgan fingerprint density at radius 1 is 1.24 bits per heavy atom. The van der Waals surface area contributed by atoms with Gasteiger partial charge in [0, 0.05) is 44.5 Å². The van der Waals surface area contributed by atoms with E-state index in [9.17, 15) is 4.79 Å². The first-order chi connectivity index (χ1) is 14.2. The summed E-state index contributed by atoms with van der Waals surface area (Å²) in [6, 6.07) is 7.51. The Bertz CT molecular complexity index is 813. The Morgan fingerprint density at radius 3 is 2.83 bits per heavy atom. The highest BCUT2D eigenvalue weighted by atomic mass is 16.5. The molecule has 1 N–H and O–H groups in total. The smallest absolute Gasteiger partial charge is 0.253 e. The van der Waals surface area contributed by atoms with Gasteiger partial charge in [0.15, 0.2) is 0 Å². The molecule has 2 aromatic rings. The lowest BCUT2D eigenvalue weighted by atomic mass is 9.99. The third kappa shape index (κ3) is 5.23. The highest BCUT2D eigenvalue weighted by Gasteiger charge is 2.18. The van der Waals surface area contributed by atoms with Crippen LogP contribution in [0.15, 0.2) is 36.7 Å². The number of carbonyl (C=O) groups is 1. The van der Waals surface area contributed by atoms with Gasteiger partial charge in [-0.2, -0.15) is 0 Å². The normalized spacial score (nSPS) is 19.9. The topological polar surface area (TPSA) is 76.6 Å². The molecule has 2 aromatic heterocycles. The molecule has 0 radical (unpaired) electrons. The average Bonchev–Trinajstić information content (AvgIpc) is 3.26. The molecule has 1 amide bonds. The van der Waals surface area contributed by atoms with E-state index in [1.807, 2.05) is 24.3 Å². The zero-order valence-corrected chi connectivity index (χ0v) is 16.8. The number of carbonyl (C=O) groups excluding carboxylic acids is 1. The number of hydrogen-bond donors (Lipinski definition) is 1. The SMILES string of the molecule is CC1CCN(c2ccc(C(=O)NCc3ccnc(OC4CCOC4)c3)cn2)CC1. The molecule has 154 valence electrons. The summed E-state index contributed by atoms with van der Waals surface area (Å²) < 4.78 is 11.1. The van der Waals surface area contributed by atoms with Gasteiger partial charge >= 0.3 is 0 Å². The molecule has 4 rings (SSSR count). The Labute approximate surface area is 171 Å². The van der Waals surface area contributed by atoms with Crippen molar-refractivity contribution in [3.8, 4) is 5.88 Å². The molecule has 2 aliphatic rings. The quantitative estimate of drug-likeness (QED) is 0.809. The van der Waals surface area contributed by atoms with Gasteiger partial charge in [0.2, 0.25) is 5.88 Å². The van der Waals surface area contributed by atoms with Crippen molar-refractivity contribution in [3.05, 3.63) is 47.8 Å². The van der Waals surface area contributed by atoms with Crippen LogP contribution >= 0.6 is 0 Å². The predicted octanol–water partition coefficient (Wildman–Crippen LogP) is 2.81. The maximum atomic E-state index is 12.5. The van der Waals surface area contributed by atoms with Gasteiger partial charge in [-0.05, 0) is 42.5 Å². The molecular formula is C22H28N4O3. The zero-order chi connectivity index (χ0) is 20.1. The monoisotopic (exact) mass is 396 g/mol. The molecule has 2 saturated heterocycles. The van der Waals surface area contributed by atoms with Gasteiger partial charge in [-0.15, -0.1) is 0 Å². The number of aromatic nitrogens is 2. The number of rotatable bonds is 6. The third-order valence-corrected chi connectivity index (χ3v) is 5.55. The lowest BCUT2D eigenvalue weighted by Gasteiger charge is -2.31. The van der Waals surface area contributed by atoms with Crippen LogP contribution in [-0.4, -0.2) is 48.3 Å². The van der Waals surface area contributed by atoms with Crippen molar-refractivity contribution in [1.82, 2.24) is 15.3 Å². The zero-order valence-electron chi connectivity index (χ0n) is 16.8. The largest absolute Gasteiger partial charge is 0.472 e. The van der Waals surface area contributed by atoms with E-state index in [0.29, 0.717) is 24.6 Å². The maximum Gasteiger partial charge on any atom is 0.253 e. The van der Waals surface area contributed by atoms with Crippen LogP contribution < -0.4 is 15.0 Å². The van der Waals surface area contributed by atoms with Crippen molar-refractivity contribution >= 4 is 11.7 Å². The van der Waals surface area contributed by atoms with E-state index in [0.717, 1.165) is 43.4 Å². The maximum absolute atomic E-state index is 12.5. The average molecular weight is 396 g/mol. The Balaban J connectivity index is 1.30. The van der Waals surface area contributed by atoms with Gasteiger partial charge in [0.25, 0.3) is 5.91 Å². The standard InChI is InChI=1S/C22H28N4O3/c1-16-5-9-26(10-6-16)20-3-2-18(14-24-20)22(27)25-13-17-4-8-23-21(12-17)29-19-7-11-28-15-19/h2-4,8,12,14,16,19H,5-7,9-11,13,15H2,1H3,(H,25,27). The minimum Gasteiger partial charge on any atom is -0.472 e. The first-order valence-electron chi connectivity index (χ1n) is 10.4. The highest BCUT2D eigenvalue weighted by molar-refractivity contribution is 5.94. The van der Waals surface area contributed by atoms with Crippen molar-refractivity contribution < 1.29 is 14.3 Å². The number of ether oxygens (including phenoxy) is 2. The second-order valence-corrected chi connectivity index (χ2v) is 7.86. The highest BCUT2D eigenvalue weighted by Crippen LogP contribution is 2.21. The summed E-state index contributed by atoms with van der Waals surface area (Å²) in [5.74, 6) is 2.15. The molecule has 4 heterocycles. The van der Waals surface area contributed by atoms with Gasteiger partial charge in [-0.1, -0.05) is 6.92 Å². The van der Waals surface area contributed by atoms with Gasteiger partial charge in [-0.3, -0.25) is 4.79 Å². The van der Waals surface area contributed by atoms with E-state index in [1.54, 1.807) is 12.4 Å². The van der Waals surface area contributed by atoms with Crippen LogP contribution in [0.25, 0.3) is 0 Å². The molecule has 2 aliphatic heterocycles. The van der Waals surface area contributed by atoms with Gasteiger partial charge in [0.05, 0.1) is 18.8 Å². The molecule has 7 heteroatoms. The Kier molecular flexibility index (Phi) is 6.24. The van der Waals surface area contributed by atoms with E-state index >= 15 is 0 Å². The number of pyridine rings is 2. The molecule has 1 unspecified atom stereocenters. The van der Waals surface area contributed by atoms with Crippen LogP contribution in [0.2, 0.25) is 0 Å². The first-order valence-corrected chi connectivity index (χ1v) is 10.4. The van der Waals surface area contributed by atoms with Gasteiger partial charge in [0.1, 0.15) is 11.9 Å². The lowest BCUT2D eigenvalue weighted by Crippen LogP contribution is -2.33. The first kappa shape index (κ1) is 19.6. The van der Waals surface area contributed by atoms with Crippen molar-refractivity contribution in [2.45, 2.75) is 38.8 Å². The molecule has 29 heavy (non-hydrogen) atoms. The van der Waals surface area contributed by atoms with Crippen LogP contribution in [0, 0.1) is 5.92 Å². The fourth-order valence-corrected chi connectivity index (χ4v) is 3.63. The van der Waals surface area contributed by atoms with Crippen LogP contribution in [0.3, 0.4) is 0 Å². The van der Waals surface area contributed by atoms with E-state index in [-0.39, 0.29) is 12.0 Å². The van der Waals surface area contributed by atoms with Crippen molar-refractivity contribution in [2.24, 2.45) is 5.92 Å². The number of hydrogen-bond acceptors (Lipinski definition) is 6. The van der Waals surface area contributed by atoms with Crippen LogP contribution in [0.4, 0.5) is 5.82 Å². The molecule has 0 aromatic carbocycles. The summed E-state index contributed by atoms with van der Waals surface area (Å²) >= 11 is 0. The van der Waals surface area contributed by atoms with Gasteiger partial charge in [-0.25, -0.2) is 9.97 Å². The van der Waals surface area contributed by atoms with E-state index in [1.165, 1.54) is 12.8 Å².